The molecule has 0 aromatic carbocycles. The summed E-state index contributed by atoms with van der Waals surface area (Å²) in [6.07, 6.45) is 0.488. The number of rotatable bonds is 5. The van der Waals surface area contributed by atoms with Gasteiger partial charge >= 0.3 is 6.09 Å². The zero-order valence-electron chi connectivity index (χ0n) is 9.94. The third-order valence-corrected chi connectivity index (χ3v) is 3.08. The predicted molar refractivity (Wildman–Crippen MR) is 73.0 cm³/mol. The molecule has 18 heavy (non-hydrogen) atoms. The Bertz CT molecular complexity index is 430. The average molecular weight is 338 g/mol. The van der Waals surface area contributed by atoms with Crippen molar-refractivity contribution in [3.05, 3.63) is 16.0 Å². The van der Waals surface area contributed by atoms with Gasteiger partial charge in [-0.3, -0.25) is 0 Å². The Morgan fingerprint density at radius 1 is 1.61 bits per heavy atom. The number of carboxylic acid groups (broad SMARTS) is 1. The summed E-state index contributed by atoms with van der Waals surface area (Å²) in [4.78, 5) is 18.5. The zero-order chi connectivity index (χ0) is 13.7. The summed E-state index contributed by atoms with van der Waals surface area (Å²) in [6, 6.07) is -0.219. The van der Waals surface area contributed by atoms with Gasteiger partial charge in [0.2, 0.25) is 5.28 Å². The van der Waals surface area contributed by atoms with E-state index in [0.29, 0.717) is 16.8 Å². The number of nitrogens with one attached hydrogen (secondary N) is 2. The van der Waals surface area contributed by atoms with Crippen molar-refractivity contribution in [1.82, 2.24) is 15.3 Å². The van der Waals surface area contributed by atoms with Crippen molar-refractivity contribution >= 4 is 39.4 Å². The van der Waals surface area contributed by atoms with Gasteiger partial charge in [-0.1, -0.05) is 13.8 Å². The highest BCUT2D eigenvalue weighted by molar-refractivity contribution is 9.10. The summed E-state index contributed by atoms with van der Waals surface area (Å²) >= 11 is 8.97. The molecule has 1 aromatic heterocycles. The number of nitrogens with zero attached hydrogens (tertiary/aromatic N) is 2. The molecule has 0 saturated heterocycles. The Morgan fingerprint density at radius 2 is 2.28 bits per heavy atom. The van der Waals surface area contributed by atoms with Crippen molar-refractivity contribution in [3.8, 4) is 0 Å². The Balaban J connectivity index is 2.66. The molecule has 0 bridgehead atoms. The van der Waals surface area contributed by atoms with E-state index in [1.807, 2.05) is 13.8 Å². The maximum Gasteiger partial charge on any atom is 0.404 e. The molecule has 0 aliphatic carbocycles. The molecule has 1 atom stereocenters. The number of carbonyl (C=O) groups is 1. The molecule has 100 valence electrons. The maximum absolute atomic E-state index is 10.7. The molecule has 0 radical (unpaired) electrons. The summed E-state index contributed by atoms with van der Waals surface area (Å²) < 4.78 is 0.671. The van der Waals surface area contributed by atoms with Crippen molar-refractivity contribution in [1.29, 1.82) is 0 Å². The molecule has 0 aliphatic rings. The quantitative estimate of drug-likeness (QED) is 0.719. The van der Waals surface area contributed by atoms with E-state index in [4.69, 9.17) is 16.7 Å². The van der Waals surface area contributed by atoms with E-state index in [-0.39, 0.29) is 17.2 Å². The highest BCUT2D eigenvalue weighted by Crippen LogP contribution is 2.20. The second kappa shape index (κ2) is 6.75. The molecule has 1 rings (SSSR count). The van der Waals surface area contributed by atoms with Crippen LogP contribution in [0, 0.1) is 5.92 Å². The first-order chi connectivity index (χ1) is 8.40. The summed E-state index contributed by atoms with van der Waals surface area (Å²) in [5, 5.41) is 14.3. The predicted octanol–water partition coefficient (Wildman–Crippen LogP) is 2.60. The fraction of sp³-hybridized carbons (Fsp3) is 0.500. The first-order valence-electron chi connectivity index (χ1n) is 5.31. The molecule has 0 aliphatic heterocycles. The van der Waals surface area contributed by atoms with Gasteiger partial charge in [0.05, 0.1) is 10.5 Å². The molecular weight excluding hydrogens is 323 g/mol. The summed E-state index contributed by atoms with van der Waals surface area (Å²) in [7, 11) is 0. The van der Waals surface area contributed by atoms with Crippen LogP contribution in [-0.4, -0.2) is 33.8 Å². The number of aromatic nitrogens is 2. The highest BCUT2D eigenvalue weighted by atomic mass is 79.9. The Kier molecular flexibility index (Phi) is 5.61. The van der Waals surface area contributed by atoms with Crippen molar-refractivity contribution < 1.29 is 9.90 Å². The van der Waals surface area contributed by atoms with Crippen LogP contribution >= 0.6 is 27.5 Å². The standard InChI is InChI=1S/C10H14BrClN4O2/c1-5(2)7(15-10(17)18)4-13-8-6(11)3-14-9(12)16-8/h3,5,7,15H,4H2,1-2H3,(H,17,18)(H,13,14,16)/t7-/m1/s1. The van der Waals surface area contributed by atoms with E-state index in [2.05, 4.69) is 36.5 Å². The van der Waals surface area contributed by atoms with Crippen molar-refractivity contribution in [2.24, 2.45) is 5.92 Å². The van der Waals surface area contributed by atoms with Crippen LogP contribution in [0.2, 0.25) is 5.28 Å². The minimum Gasteiger partial charge on any atom is -0.465 e. The second-order valence-electron chi connectivity index (χ2n) is 4.02. The van der Waals surface area contributed by atoms with Crippen LogP contribution in [0.4, 0.5) is 10.6 Å². The average Bonchev–Trinajstić information content (AvgIpc) is 2.27. The number of hydrogen-bond acceptors (Lipinski definition) is 4. The van der Waals surface area contributed by atoms with Gasteiger partial charge in [-0.25, -0.2) is 9.78 Å². The van der Waals surface area contributed by atoms with Gasteiger partial charge in [0, 0.05) is 12.7 Å². The fourth-order valence-corrected chi connectivity index (χ4v) is 1.75. The molecule has 1 amide bonds. The molecule has 6 nitrogen and oxygen atoms in total. The van der Waals surface area contributed by atoms with Crippen molar-refractivity contribution in [3.63, 3.8) is 0 Å². The summed E-state index contributed by atoms with van der Waals surface area (Å²) in [5.74, 6) is 0.692. The third kappa shape index (κ3) is 4.66. The number of hydrogen-bond donors (Lipinski definition) is 3. The minimum atomic E-state index is -1.05. The number of amides is 1. The van der Waals surface area contributed by atoms with E-state index in [9.17, 15) is 4.79 Å². The van der Waals surface area contributed by atoms with Crippen LogP contribution in [-0.2, 0) is 0 Å². The molecule has 0 unspecified atom stereocenters. The Labute approximate surface area is 118 Å². The smallest absolute Gasteiger partial charge is 0.404 e. The van der Waals surface area contributed by atoms with E-state index in [0.717, 1.165) is 0 Å². The lowest BCUT2D eigenvalue weighted by molar-refractivity contribution is 0.187. The van der Waals surface area contributed by atoms with E-state index in [1.54, 1.807) is 0 Å². The van der Waals surface area contributed by atoms with Gasteiger partial charge in [0.1, 0.15) is 5.82 Å². The summed E-state index contributed by atoms with van der Waals surface area (Å²) in [6.45, 7) is 4.28. The molecule has 0 saturated carbocycles. The van der Waals surface area contributed by atoms with Crippen LogP contribution in [0.3, 0.4) is 0 Å². The van der Waals surface area contributed by atoms with Gasteiger partial charge in [-0.05, 0) is 33.4 Å². The van der Waals surface area contributed by atoms with Gasteiger partial charge in [-0.15, -0.1) is 0 Å². The van der Waals surface area contributed by atoms with Crippen LogP contribution in [0.5, 0.6) is 0 Å². The maximum atomic E-state index is 10.7. The van der Waals surface area contributed by atoms with Gasteiger partial charge in [0.15, 0.2) is 0 Å². The van der Waals surface area contributed by atoms with Crippen LogP contribution in [0.25, 0.3) is 0 Å². The molecule has 0 fully saturated rings. The molecule has 1 heterocycles. The first kappa shape index (κ1) is 15.0. The van der Waals surface area contributed by atoms with Crippen LogP contribution in [0.1, 0.15) is 13.8 Å². The van der Waals surface area contributed by atoms with Crippen LogP contribution in [0.15, 0.2) is 10.7 Å². The van der Waals surface area contributed by atoms with Crippen molar-refractivity contribution in [2.45, 2.75) is 19.9 Å². The number of halogens is 2. The highest BCUT2D eigenvalue weighted by Gasteiger charge is 2.16. The zero-order valence-corrected chi connectivity index (χ0v) is 12.3. The largest absolute Gasteiger partial charge is 0.465 e. The second-order valence-corrected chi connectivity index (χ2v) is 5.21. The normalized spacial score (nSPS) is 12.3. The molecule has 8 heteroatoms. The van der Waals surface area contributed by atoms with Crippen molar-refractivity contribution in [2.75, 3.05) is 11.9 Å². The fourth-order valence-electron chi connectivity index (χ4n) is 1.29. The molecule has 3 N–H and O–H groups in total. The molecule has 0 spiro atoms. The van der Waals surface area contributed by atoms with Gasteiger partial charge < -0.3 is 15.7 Å². The van der Waals surface area contributed by atoms with E-state index >= 15 is 0 Å². The monoisotopic (exact) mass is 336 g/mol. The lowest BCUT2D eigenvalue weighted by Gasteiger charge is -2.21. The van der Waals surface area contributed by atoms with Crippen LogP contribution < -0.4 is 10.6 Å². The Hall–Kier alpha value is -1.08. The summed E-state index contributed by atoms with van der Waals surface area (Å²) in [5.41, 5.74) is 0. The topological polar surface area (TPSA) is 87.1 Å². The van der Waals surface area contributed by atoms with E-state index in [1.165, 1.54) is 6.20 Å². The van der Waals surface area contributed by atoms with E-state index < -0.39 is 6.09 Å². The van der Waals surface area contributed by atoms with Gasteiger partial charge in [0.25, 0.3) is 0 Å². The van der Waals surface area contributed by atoms with Gasteiger partial charge in [-0.2, -0.15) is 4.98 Å². The first-order valence-corrected chi connectivity index (χ1v) is 6.48. The number of anilines is 1. The molecular formula is C10H14BrClN4O2. The molecule has 1 aromatic rings. The lowest BCUT2D eigenvalue weighted by atomic mass is 10.0. The SMILES string of the molecule is CC(C)[C@@H](CNc1nc(Cl)ncc1Br)NC(=O)O. The minimum absolute atomic E-state index is 0.132. The Morgan fingerprint density at radius 3 is 2.83 bits per heavy atom. The lowest BCUT2D eigenvalue weighted by Crippen LogP contribution is -2.42. The third-order valence-electron chi connectivity index (χ3n) is 2.32.